The molecule has 1 saturated heterocycles. The van der Waals surface area contributed by atoms with Crippen LogP contribution in [-0.2, 0) is 11.3 Å². The van der Waals surface area contributed by atoms with Crippen LogP contribution in [0.4, 0.5) is 0 Å². The molecule has 1 N–H and O–H groups in total. The highest BCUT2D eigenvalue weighted by Crippen LogP contribution is 2.30. The van der Waals surface area contributed by atoms with E-state index >= 15 is 0 Å². The van der Waals surface area contributed by atoms with Gasteiger partial charge in [-0.05, 0) is 61.8 Å². The molecule has 29 heavy (non-hydrogen) atoms. The molecule has 6 nitrogen and oxygen atoms in total. The molecule has 7 heteroatoms. The van der Waals surface area contributed by atoms with Gasteiger partial charge in [0.15, 0.2) is 11.5 Å². The summed E-state index contributed by atoms with van der Waals surface area (Å²) in [6.07, 6.45) is 1.84. The third kappa shape index (κ3) is 4.89. The molecule has 152 valence electrons. The van der Waals surface area contributed by atoms with Crippen molar-refractivity contribution in [3.63, 3.8) is 0 Å². The maximum Gasteiger partial charge on any atom is 0.234 e. The van der Waals surface area contributed by atoms with E-state index in [0.717, 1.165) is 54.2 Å². The number of ether oxygens (including phenoxy) is 1. The first-order valence-corrected chi connectivity index (χ1v) is 10.2. The molecule has 0 spiro atoms. The Morgan fingerprint density at radius 3 is 2.90 bits per heavy atom. The molecule has 4 rings (SSSR count). The molecule has 0 bridgehead atoms. The van der Waals surface area contributed by atoms with Crippen molar-refractivity contribution in [1.29, 1.82) is 0 Å². The van der Waals surface area contributed by atoms with E-state index in [4.69, 9.17) is 20.8 Å². The monoisotopic (exact) mass is 413 g/mol. The number of methoxy groups -OCH3 is 1. The molecular weight excluding hydrogens is 390 g/mol. The van der Waals surface area contributed by atoms with Gasteiger partial charge >= 0.3 is 0 Å². The van der Waals surface area contributed by atoms with E-state index in [9.17, 15) is 4.79 Å². The number of hydrogen-bond acceptors (Lipinski definition) is 5. The molecule has 0 radical (unpaired) electrons. The van der Waals surface area contributed by atoms with Crippen molar-refractivity contribution in [3.8, 4) is 5.75 Å². The number of benzene rings is 2. The molecule has 1 aliphatic heterocycles. The lowest BCUT2D eigenvalue weighted by Gasteiger charge is -2.29. The number of carbonyl (C=O) groups excluding carboxylic acids is 1. The van der Waals surface area contributed by atoms with Gasteiger partial charge in [0.2, 0.25) is 5.91 Å². The van der Waals surface area contributed by atoms with Gasteiger partial charge in [0, 0.05) is 17.5 Å². The second-order valence-electron chi connectivity index (χ2n) is 7.34. The number of nitrogens with one attached hydrogen (secondary N) is 1. The van der Waals surface area contributed by atoms with Gasteiger partial charge in [0.1, 0.15) is 11.3 Å². The number of piperidine rings is 1. The first-order chi connectivity index (χ1) is 14.1. The lowest BCUT2D eigenvalue weighted by molar-refractivity contribution is -0.122. The largest absolute Gasteiger partial charge is 0.497 e. The van der Waals surface area contributed by atoms with Gasteiger partial charge in [0.25, 0.3) is 0 Å². The number of nitrogens with zero attached hydrogens (tertiary/aromatic N) is 2. The quantitative estimate of drug-likeness (QED) is 0.661. The molecule has 1 aliphatic rings. The van der Waals surface area contributed by atoms with Crippen molar-refractivity contribution in [2.45, 2.75) is 25.3 Å². The Morgan fingerprint density at radius 1 is 1.28 bits per heavy atom. The fourth-order valence-corrected chi connectivity index (χ4v) is 3.84. The van der Waals surface area contributed by atoms with Crippen LogP contribution >= 0.6 is 11.6 Å². The summed E-state index contributed by atoms with van der Waals surface area (Å²) in [6.45, 7) is 2.59. The summed E-state index contributed by atoms with van der Waals surface area (Å²) in [5.41, 5.74) is 2.59. The van der Waals surface area contributed by atoms with Crippen molar-refractivity contribution >= 4 is 28.6 Å². The van der Waals surface area contributed by atoms with E-state index in [1.165, 1.54) is 0 Å². The standard InChI is InChI=1S/C22H24ClN3O3/c1-28-18-4-2-3-15(11-18)13-24-21(27)14-26-9-7-16(8-10-26)22-25-19-12-17(23)5-6-20(19)29-22/h2-6,11-12,16H,7-10,13-14H2,1H3,(H,24,27). The van der Waals surface area contributed by atoms with Crippen molar-refractivity contribution in [1.82, 2.24) is 15.2 Å². The van der Waals surface area contributed by atoms with Crippen LogP contribution in [0.2, 0.25) is 5.02 Å². The van der Waals surface area contributed by atoms with Crippen LogP contribution in [0, 0.1) is 0 Å². The predicted molar refractivity (Wildman–Crippen MR) is 112 cm³/mol. The van der Waals surface area contributed by atoms with Crippen molar-refractivity contribution in [3.05, 3.63) is 58.9 Å². The summed E-state index contributed by atoms with van der Waals surface area (Å²) in [7, 11) is 1.64. The maximum absolute atomic E-state index is 12.3. The number of hydrogen-bond donors (Lipinski definition) is 1. The van der Waals surface area contributed by atoms with Gasteiger partial charge in [-0.15, -0.1) is 0 Å². The summed E-state index contributed by atoms with van der Waals surface area (Å²) in [4.78, 5) is 19.1. The molecular formula is C22H24ClN3O3. The molecule has 3 aromatic rings. The average molecular weight is 414 g/mol. The molecule has 0 saturated carbocycles. The average Bonchev–Trinajstić information content (AvgIpc) is 3.16. The van der Waals surface area contributed by atoms with Crippen LogP contribution < -0.4 is 10.1 Å². The minimum Gasteiger partial charge on any atom is -0.497 e. The Hall–Kier alpha value is -2.57. The van der Waals surface area contributed by atoms with Crippen LogP contribution in [0.3, 0.4) is 0 Å². The highest BCUT2D eigenvalue weighted by molar-refractivity contribution is 6.31. The minimum atomic E-state index is 0.0303. The number of aromatic nitrogens is 1. The molecule has 1 amide bonds. The van der Waals surface area contributed by atoms with Crippen LogP contribution in [-0.4, -0.2) is 42.5 Å². The smallest absolute Gasteiger partial charge is 0.234 e. The predicted octanol–water partition coefficient (Wildman–Crippen LogP) is 3.99. The molecule has 0 atom stereocenters. The molecule has 0 aliphatic carbocycles. The van der Waals surface area contributed by atoms with E-state index in [1.54, 1.807) is 7.11 Å². The van der Waals surface area contributed by atoms with Gasteiger partial charge in [-0.1, -0.05) is 23.7 Å². The lowest BCUT2D eigenvalue weighted by atomic mass is 9.97. The Labute approximate surface area is 174 Å². The van der Waals surface area contributed by atoms with Crippen LogP contribution in [0.5, 0.6) is 5.75 Å². The van der Waals surface area contributed by atoms with Crippen LogP contribution in [0.25, 0.3) is 11.1 Å². The highest BCUT2D eigenvalue weighted by Gasteiger charge is 2.25. The number of carbonyl (C=O) groups is 1. The Kier molecular flexibility index (Phi) is 6.02. The van der Waals surface area contributed by atoms with E-state index < -0.39 is 0 Å². The first-order valence-electron chi connectivity index (χ1n) is 9.78. The third-order valence-electron chi connectivity index (χ3n) is 5.29. The fourth-order valence-electron chi connectivity index (χ4n) is 3.67. The zero-order chi connectivity index (χ0) is 20.2. The summed E-state index contributed by atoms with van der Waals surface area (Å²) in [6, 6.07) is 13.2. The van der Waals surface area contributed by atoms with Crippen LogP contribution in [0.15, 0.2) is 46.9 Å². The van der Waals surface area contributed by atoms with E-state index in [1.807, 2.05) is 42.5 Å². The van der Waals surface area contributed by atoms with Crippen molar-refractivity contribution < 1.29 is 13.9 Å². The van der Waals surface area contributed by atoms with Gasteiger partial charge < -0.3 is 14.5 Å². The molecule has 1 fully saturated rings. The number of halogens is 1. The van der Waals surface area contributed by atoms with Crippen molar-refractivity contribution in [2.75, 3.05) is 26.7 Å². The minimum absolute atomic E-state index is 0.0303. The first kappa shape index (κ1) is 19.7. The SMILES string of the molecule is COc1cccc(CNC(=O)CN2CCC(c3nc4cc(Cl)ccc4o3)CC2)c1. The second kappa shape index (κ2) is 8.84. The Morgan fingerprint density at radius 2 is 2.10 bits per heavy atom. The summed E-state index contributed by atoms with van der Waals surface area (Å²) < 4.78 is 11.1. The number of oxazole rings is 1. The third-order valence-corrected chi connectivity index (χ3v) is 5.53. The number of fused-ring (bicyclic) bond motifs is 1. The number of rotatable bonds is 6. The Bertz CT molecular complexity index is 996. The highest BCUT2D eigenvalue weighted by atomic mass is 35.5. The molecule has 2 aromatic carbocycles. The van der Waals surface area contributed by atoms with Gasteiger partial charge in [0.05, 0.1) is 13.7 Å². The summed E-state index contributed by atoms with van der Waals surface area (Å²) in [5, 5.41) is 3.64. The topological polar surface area (TPSA) is 67.6 Å². The molecule has 2 heterocycles. The van der Waals surface area contributed by atoms with E-state index in [0.29, 0.717) is 18.1 Å². The zero-order valence-electron chi connectivity index (χ0n) is 16.4. The normalized spacial score (nSPS) is 15.5. The van der Waals surface area contributed by atoms with E-state index in [-0.39, 0.29) is 11.8 Å². The molecule has 1 aromatic heterocycles. The van der Waals surface area contributed by atoms with Gasteiger partial charge in [-0.2, -0.15) is 0 Å². The molecule has 0 unspecified atom stereocenters. The summed E-state index contributed by atoms with van der Waals surface area (Å²) >= 11 is 6.03. The second-order valence-corrected chi connectivity index (χ2v) is 7.78. The zero-order valence-corrected chi connectivity index (χ0v) is 17.1. The van der Waals surface area contributed by atoms with E-state index in [2.05, 4.69) is 15.2 Å². The number of amides is 1. The maximum atomic E-state index is 12.3. The van der Waals surface area contributed by atoms with Gasteiger partial charge in [-0.3, -0.25) is 9.69 Å². The summed E-state index contributed by atoms with van der Waals surface area (Å²) in [5.74, 6) is 1.87. The van der Waals surface area contributed by atoms with Gasteiger partial charge in [-0.25, -0.2) is 4.98 Å². The van der Waals surface area contributed by atoms with Crippen LogP contribution in [0.1, 0.15) is 30.2 Å². The lowest BCUT2D eigenvalue weighted by Crippen LogP contribution is -2.41. The van der Waals surface area contributed by atoms with Crippen molar-refractivity contribution in [2.24, 2.45) is 0 Å². The number of likely N-dealkylation sites (tertiary alicyclic amines) is 1. The Balaban J connectivity index is 1.26. The fraction of sp³-hybridized carbons (Fsp3) is 0.364.